The summed E-state index contributed by atoms with van der Waals surface area (Å²) in [5, 5.41) is 0. The highest BCUT2D eigenvalue weighted by Gasteiger charge is 2.13. The smallest absolute Gasteiger partial charge is 0.322 e. The predicted molar refractivity (Wildman–Crippen MR) is 66.0 cm³/mol. The number of nitrogens with two attached hydrogens (primary N) is 2. The van der Waals surface area contributed by atoms with Gasteiger partial charge in [-0.15, -0.1) is 0 Å². The van der Waals surface area contributed by atoms with Gasteiger partial charge in [-0.2, -0.15) is 0 Å². The Morgan fingerprint density at radius 2 is 1.94 bits per heavy atom. The van der Waals surface area contributed by atoms with E-state index in [1.54, 1.807) is 0 Å². The third-order valence-corrected chi connectivity index (χ3v) is 2.51. The number of carbonyl (C=O) groups is 1. The molecule has 0 aromatic carbocycles. The van der Waals surface area contributed by atoms with Crippen LogP contribution in [0.2, 0.25) is 0 Å². The second kappa shape index (κ2) is 10.9. The normalized spacial score (nSPS) is 12.4. The molecule has 0 aliphatic carbocycles. The Balaban J connectivity index is 3.40. The van der Waals surface area contributed by atoms with Gasteiger partial charge >= 0.3 is 5.97 Å². The maximum absolute atomic E-state index is 11.4. The number of hydrogen-bond acceptors (Lipinski definition) is 4. The maximum Gasteiger partial charge on any atom is 0.322 e. The summed E-state index contributed by atoms with van der Waals surface area (Å²) in [5.41, 5.74) is 11.0. The molecular formula is C12H26N2O2. The highest BCUT2D eigenvalue weighted by molar-refractivity contribution is 5.75. The van der Waals surface area contributed by atoms with Crippen LogP contribution in [0.4, 0.5) is 0 Å². The molecule has 0 aliphatic rings. The lowest BCUT2D eigenvalue weighted by Crippen LogP contribution is -2.32. The molecular weight excluding hydrogens is 204 g/mol. The van der Waals surface area contributed by atoms with E-state index in [2.05, 4.69) is 6.92 Å². The number of unbranched alkanes of at least 4 members (excludes halogenated alkanes) is 4. The zero-order valence-corrected chi connectivity index (χ0v) is 10.4. The van der Waals surface area contributed by atoms with E-state index in [1.165, 1.54) is 12.8 Å². The minimum absolute atomic E-state index is 0.270. The number of ether oxygens (including phenoxy) is 1. The Morgan fingerprint density at radius 3 is 2.56 bits per heavy atom. The SMILES string of the molecule is CCCCCCOC(=O)C(N)CCCCN. The molecule has 0 fully saturated rings. The summed E-state index contributed by atoms with van der Waals surface area (Å²) in [6.07, 6.45) is 6.92. The lowest BCUT2D eigenvalue weighted by atomic mass is 10.1. The van der Waals surface area contributed by atoms with Crippen molar-refractivity contribution in [3.05, 3.63) is 0 Å². The van der Waals surface area contributed by atoms with Crippen molar-refractivity contribution in [1.29, 1.82) is 0 Å². The molecule has 0 bridgehead atoms. The van der Waals surface area contributed by atoms with E-state index in [1.807, 2.05) is 0 Å². The van der Waals surface area contributed by atoms with E-state index in [0.29, 0.717) is 19.6 Å². The van der Waals surface area contributed by atoms with Gasteiger partial charge in [-0.05, 0) is 25.8 Å². The molecule has 4 heteroatoms. The van der Waals surface area contributed by atoms with Crippen molar-refractivity contribution in [2.24, 2.45) is 11.5 Å². The van der Waals surface area contributed by atoms with Crippen molar-refractivity contribution in [2.75, 3.05) is 13.2 Å². The first-order chi connectivity index (χ1) is 7.72. The summed E-state index contributed by atoms with van der Waals surface area (Å²) < 4.78 is 5.09. The maximum atomic E-state index is 11.4. The lowest BCUT2D eigenvalue weighted by Gasteiger charge is -2.10. The van der Waals surface area contributed by atoms with Crippen molar-refractivity contribution >= 4 is 5.97 Å². The predicted octanol–water partition coefficient (Wildman–Crippen LogP) is 1.57. The van der Waals surface area contributed by atoms with Gasteiger partial charge < -0.3 is 16.2 Å². The van der Waals surface area contributed by atoms with Crippen LogP contribution in [0.5, 0.6) is 0 Å². The van der Waals surface area contributed by atoms with Crippen LogP contribution in [0.3, 0.4) is 0 Å². The summed E-state index contributed by atoms with van der Waals surface area (Å²) in [5.74, 6) is -0.270. The van der Waals surface area contributed by atoms with Crippen molar-refractivity contribution in [1.82, 2.24) is 0 Å². The van der Waals surface area contributed by atoms with Gasteiger partial charge in [-0.3, -0.25) is 4.79 Å². The summed E-state index contributed by atoms with van der Waals surface area (Å²) in [6, 6.07) is -0.474. The first kappa shape index (κ1) is 15.4. The van der Waals surface area contributed by atoms with Gasteiger partial charge in [0.05, 0.1) is 6.61 Å². The van der Waals surface area contributed by atoms with Crippen molar-refractivity contribution < 1.29 is 9.53 Å². The van der Waals surface area contributed by atoms with E-state index >= 15 is 0 Å². The fraction of sp³-hybridized carbons (Fsp3) is 0.917. The quantitative estimate of drug-likeness (QED) is 0.441. The van der Waals surface area contributed by atoms with Crippen molar-refractivity contribution in [3.63, 3.8) is 0 Å². The van der Waals surface area contributed by atoms with Crippen LogP contribution in [0.1, 0.15) is 51.9 Å². The minimum Gasteiger partial charge on any atom is -0.465 e. The molecule has 0 saturated heterocycles. The Hall–Kier alpha value is -0.610. The molecule has 0 rings (SSSR count). The van der Waals surface area contributed by atoms with Gasteiger partial charge in [0.15, 0.2) is 0 Å². The molecule has 1 unspecified atom stereocenters. The molecule has 1 atom stereocenters. The molecule has 96 valence electrons. The fourth-order valence-electron chi connectivity index (χ4n) is 1.44. The summed E-state index contributed by atoms with van der Waals surface area (Å²) >= 11 is 0. The van der Waals surface area contributed by atoms with Crippen LogP contribution in [0.15, 0.2) is 0 Å². The van der Waals surface area contributed by atoms with Gasteiger partial charge in [0, 0.05) is 0 Å². The number of esters is 1. The minimum atomic E-state index is -0.474. The highest BCUT2D eigenvalue weighted by Crippen LogP contribution is 2.02. The van der Waals surface area contributed by atoms with Gasteiger partial charge in [0.2, 0.25) is 0 Å². The first-order valence-electron chi connectivity index (χ1n) is 6.34. The highest BCUT2D eigenvalue weighted by atomic mass is 16.5. The van der Waals surface area contributed by atoms with Crippen molar-refractivity contribution in [2.45, 2.75) is 57.9 Å². The Kier molecular flexibility index (Phi) is 10.5. The fourth-order valence-corrected chi connectivity index (χ4v) is 1.44. The number of hydrogen-bond donors (Lipinski definition) is 2. The molecule has 4 N–H and O–H groups in total. The monoisotopic (exact) mass is 230 g/mol. The third kappa shape index (κ3) is 8.68. The number of rotatable bonds is 10. The molecule has 16 heavy (non-hydrogen) atoms. The zero-order valence-electron chi connectivity index (χ0n) is 10.4. The molecule has 4 nitrogen and oxygen atoms in total. The van der Waals surface area contributed by atoms with Gasteiger partial charge in [0.25, 0.3) is 0 Å². The van der Waals surface area contributed by atoms with Crippen LogP contribution >= 0.6 is 0 Å². The Bertz CT molecular complexity index is 174. The van der Waals surface area contributed by atoms with E-state index in [9.17, 15) is 4.79 Å². The Morgan fingerprint density at radius 1 is 1.19 bits per heavy atom. The van der Waals surface area contributed by atoms with E-state index in [0.717, 1.165) is 25.7 Å². The van der Waals surface area contributed by atoms with E-state index < -0.39 is 6.04 Å². The second-order valence-electron chi connectivity index (χ2n) is 4.12. The average Bonchev–Trinajstić information content (AvgIpc) is 2.28. The van der Waals surface area contributed by atoms with Crippen LogP contribution in [0.25, 0.3) is 0 Å². The van der Waals surface area contributed by atoms with Crippen LogP contribution in [0, 0.1) is 0 Å². The zero-order chi connectivity index (χ0) is 12.2. The molecule has 0 aromatic heterocycles. The molecule has 0 amide bonds. The molecule has 0 radical (unpaired) electrons. The van der Waals surface area contributed by atoms with Gasteiger partial charge in [-0.25, -0.2) is 0 Å². The first-order valence-corrected chi connectivity index (χ1v) is 6.34. The second-order valence-corrected chi connectivity index (χ2v) is 4.12. The van der Waals surface area contributed by atoms with Crippen LogP contribution in [-0.4, -0.2) is 25.2 Å². The molecule has 0 aliphatic heterocycles. The third-order valence-electron chi connectivity index (χ3n) is 2.51. The lowest BCUT2D eigenvalue weighted by molar-refractivity contribution is -0.145. The standard InChI is InChI=1S/C12H26N2O2/c1-2-3-4-7-10-16-12(15)11(14)8-5-6-9-13/h11H,2-10,13-14H2,1H3. The molecule has 0 saturated carbocycles. The Labute approximate surface area is 98.7 Å². The molecule has 0 heterocycles. The largest absolute Gasteiger partial charge is 0.465 e. The molecule has 0 spiro atoms. The van der Waals surface area contributed by atoms with E-state index in [-0.39, 0.29) is 5.97 Å². The van der Waals surface area contributed by atoms with Crippen LogP contribution < -0.4 is 11.5 Å². The van der Waals surface area contributed by atoms with Gasteiger partial charge in [0.1, 0.15) is 6.04 Å². The molecule has 0 aromatic rings. The number of carbonyl (C=O) groups excluding carboxylic acids is 1. The summed E-state index contributed by atoms with van der Waals surface area (Å²) in [4.78, 5) is 11.4. The summed E-state index contributed by atoms with van der Waals surface area (Å²) in [7, 11) is 0. The van der Waals surface area contributed by atoms with E-state index in [4.69, 9.17) is 16.2 Å². The van der Waals surface area contributed by atoms with Crippen LogP contribution in [-0.2, 0) is 9.53 Å². The van der Waals surface area contributed by atoms with Gasteiger partial charge in [-0.1, -0.05) is 32.6 Å². The van der Waals surface area contributed by atoms with Crippen molar-refractivity contribution in [3.8, 4) is 0 Å². The summed E-state index contributed by atoms with van der Waals surface area (Å²) in [6.45, 7) is 3.31. The average molecular weight is 230 g/mol. The topological polar surface area (TPSA) is 78.3 Å².